The topological polar surface area (TPSA) is 59.4 Å². The molecule has 80 valence electrons. The van der Waals surface area contributed by atoms with E-state index in [0.29, 0.717) is 16.4 Å². The molecule has 1 heterocycles. The number of hydrogen-bond acceptors (Lipinski definition) is 3. The van der Waals surface area contributed by atoms with Gasteiger partial charge in [0.05, 0.1) is 0 Å². The second-order valence-corrected chi connectivity index (χ2v) is 4.21. The number of benzene rings is 1. The number of aliphatic hydroxyl groups is 1. The van der Waals surface area contributed by atoms with E-state index in [1.807, 2.05) is 0 Å². The van der Waals surface area contributed by atoms with Gasteiger partial charge in [-0.05, 0) is 31.2 Å². The maximum Gasteiger partial charge on any atom is 0.137 e. The Hall–Kier alpha value is -1.03. The smallest absolute Gasteiger partial charge is 0.137 e. The van der Waals surface area contributed by atoms with E-state index in [4.69, 9.17) is 21.8 Å². The van der Waals surface area contributed by atoms with Gasteiger partial charge in [0.2, 0.25) is 0 Å². The average Bonchev–Trinajstić information content (AvgIpc) is 2.61. The Morgan fingerprint density at radius 3 is 2.87 bits per heavy atom. The first kappa shape index (κ1) is 10.5. The third-order valence-electron chi connectivity index (χ3n) is 2.41. The van der Waals surface area contributed by atoms with Gasteiger partial charge >= 0.3 is 0 Å². The minimum atomic E-state index is -1.13. The van der Waals surface area contributed by atoms with Crippen LogP contribution in [0.3, 0.4) is 0 Å². The maximum atomic E-state index is 9.91. The van der Waals surface area contributed by atoms with Gasteiger partial charge in [0, 0.05) is 17.0 Å². The Kier molecular flexibility index (Phi) is 2.46. The summed E-state index contributed by atoms with van der Waals surface area (Å²) < 4.78 is 5.49. The van der Waals surface area contributed by atoms with Crippen LogP contribution in [0.1, 0.15) is 12.7 Å². The first-order chi connectivity index (χ1) is 7.03. The summed E-state index contributed by atoms with van der Waals surface area (Å²) in [4.78, 5) is 0. The molecule has 4 heteroatoms. The van der Waals surface area contributed by atoms with Crippen LogP contribution in [0.25, 0.3) is 11.0 Å². The fourth-order valence-corrected chi connectivity index (χ4v) is 1.56. The van der Waals surface area contributed by atoms with Crippen molar-refractivity contribution in [3.8, 4) is 0 Å². The van der Waals surface area contributed by atoms with E-state index < -0.39 is 5.60 Å². The van der Waals surface area contributed by atoms with Crippen LogP contribution in [0, 0.1) is 0 Å². The van der Waals surface area contributed by atoms with Gasteiger partial charge in [-0.1, -0.05) is 11.6 Å². The van der Waals surface area contributed by atoms with Crippen molar-refractivity contribution in [2.45, 2.75) is 12.5 Å². The van der Waals surface area contributed by atoms with Crippen molar-refractivity contribution in [3.05, 3.63) is 35.0 Å². The van der Waals surface area contributed by atoms with Gasteiger partial charge in [-0.3, -0.25) is 0 Å². The van der Waals surface area contributed by atoms with Gasteiger partial charge in [0.25, 0.3) is 0 Å². The zero-order valence-electron chi connectivity index (χ0n) is 8.33. The van der Waals surface area contributed by atoms with E-state index in [-0.39, 0.29) is 6.54 Å². The van der Waals surface area contributed by atoms with Crippen molar-refractivity contribution in [1.29, 1.82) is 0 Å². The zero-order valence-corrected chi connectivity index (χ0v) is 9.08. The highest BCUT2D eigenvalue weighted by Gasteiger charge is 2.25. The van der Waals surface area contributed by atoms with Gasteiger partial charge < -0.3 is 15.3 Å². The van der Waals surface area contributed by atoms with Gasteiger partial charge in [0.1, 0.15) is 16.9 Å². The molecule has 1 atom stereocenters. The van der Waals surface area contributed by atoms with E-state index in [0.717, 1.165) is 5.39 Å². The van der Waals surface area contributed by atoms with Crippen LogP contribution in [-0.2, 0) is 5.60 Å². The Morgan fingerprint density at radius 2 is 2.20 bits per heavy atom. The van der Waals surface area contributed by atoms with Crippen LogP contribution in [-0.4, -0.2) is 11.7 Å². The molecule has 3 N–H and O–H groups in total. The van der Waals surface area contributed by atoms with Gasteiger partial charge in [-0.2, -0.15) is 0 Å². The summed E-state index contributed by atoms with van der Waals surface area (Å²) in [6.45, 7) is 1.73. The third-order valence-corrected chi connectivity index (χ3v) is 2.64. The second-order valence-electron chi connectivity index (χ2n) is 3.77. The largest absolute Gasteiger partial charge is 0.458 e. The van der Waals surface area contributed by atoms with E-state index >= 15 is 0 Å². The number of furan rings is 1. The molecule has 0 spiro atoms. The minimum Gasteiger partial charge on any atom is -0.458 e. The minimum absolute atomic E-state index is 0.112. The molecule has 0 saturated heterocycles. The molecule has 2 rings (SSSR count). The Balaban J connectivity index is 2.56. The first-order valence-corrected chi connectivity index (χ1v) is 5.03. The second kappa shape index (κ2) is 3.52. The summed E-state index contributed by atoms with van der Waals surface area (Å²) in [6.07, 6.45) is 0. The summed E-state index contributed by atoms with van der Waals surface area (Å²) in [5.74, 6) is 0.460. The molecular weight excluding hydrogens is 214 g/mol. The van der Waals surface area contributed by atoms with Crippen molar-refractivity contribution in [2.75, 3.05) is 6.54 Å². The highest BCUT2D eigenvalue weighted by molar-refractivity contribution is 6.31. The molecule has 0 aliphatic rings. The van der Waals surface area contributed by atoms with Crippen molar-refractivity contribution >= 4 is 22.6 Å². The molecule has 15 heavy (non-hydrogen) atoms. The van der Waals surface area contributed by atoms with Crippen LogP contribution in [0.2, 0.25) is 5.02 Å². The molecule has 0 amide bonds. The number of halogens is 1. The molecule has 2 aromatic rings. The molecule has 1 unspecified atom stereocenters. The van der Waals surface area contributed by atoms with Crippen LogP contribution < -0.4 is 5.73 Å². The van der Waals surface area contributed by atoms with Crippen molar-refractivity contribution in [3.63, 3.8) is 0 Å². The molecule has 0 aliphatic heterocycles. The fourth-order valence-electron chi connectivity index (χ4n) is 1.38. The van der Waals surface area contributed by atoms with E-state index in [1.165, 1.54) is 0 Å². The molecule has 0 aliphatic carbocycles. The van der Waals surface area contributed by atoms with Crippen LogP contribution in [0.15, 0.2) is 28.7 Å². The highest BCUT2D eigenvalue weighted by atomic mass is 35.5. The Bertz CT molecular complexity index is 490. The zero-order chi connectivity index (χ0) is 11.1. The van der Waals surface area contributed by atoms with Crippen molar-refractivity contribution in [2.24, 2.45) is 5.73 Å². The van der Waals surface area contributed by atoms with Crippen molar-refractivity contribution < 1.29 is 9.52 Å². The SMILES string of the molecule is CC(O)(CN)c1cc2cc(Cl)ccc2o1. The molecule has 1 aromatic heterocycles. The number of hydrogen-bond donors (Lipinski definition) is 2. The van der Waals surface area contributed by atoms with Crippen LogP contribution in [0.4, 0.5) is 0 Å². The lowest BCUT2D eigenvalue weighted by Crippen LogP contribution is -2.30. The van der Waals surface area contributed by atoms with E-state index in [1.54, 1.807) is 31.2 Å². The lowest BCUT2D eigenvalue weighted by molar-refractivity contribution is 0.0449. The molecule has 0 saturated carbocycles. The van der Waals surface area contributed by atoms with Crippen molar-refractivity contribution in [1.82, 2.24) is 0 Å². The average molecular weight is 226 g/mol. The quantitative estimate of drug-likeness (QED) is 0.824. The molecule has 3 nitrogen and oxygen atoms in total. The standard InChI is InChI=1S/C11H12ClNO2/c1-11(14,6-13)10-5-7-4-8(12)2-3-9(7)15-10/h2-5,14H,6,13H2,1H3. The van der Waals surface area contributed by atoms with Gasteiger partial charge in [-0.25, -0.2) is 0 Å². The van der Waals surface area contributed by atoms with Gasteiger partial charge in [-0.15, -0.1) is 0 Å². The lowest BCUT2D eigenvalue weighted by Gasteiger charge is -2.17. The van der Waals surface area contributed by atoms with Crippen LogP contribution in [0.5, 0.6) is 0 Å². The van der Waals surface area contributed by atoms with E-state index in [2.05, 4.69) is 0 Å². The number of nitrogens with two attached hydrogens (primary N) is 1. The molecule has 0 radical (unpaired) electrons. The summed E-state index contributed by atoms with van der Waals surface area (Å²) in [5.41, 5.74) is 5.02. The monoisotopic (exact) mass is 225 g/mol. The van der Waals surface area contributed by atoms with Crippen LogP contribution >= 0.6 is 11.6 Å². The number of rotatable bonds is 2. The fraction of sp³-hybridized carbons (Fsp3) is 0.273. The van der Waals surface area contributed by atoms with Gasteiger partial charge in [0.15, 0.2) is 0 Å². The lowest BCUT2D eigenvalue weighted by atomic mass is 10.0. The summed E-state index contributed by atoms with van der Waals surface area (Å²) >= 11 is 5.85. The summed E-state index contributed by atoms with van der Waals surface area (Å²) in [6, 6.07) is 7.06. The van der Waals surface area contributed by atoms with E-state index in [9.17, 15) is 5.11 Å². The molecule has 0 fully saturated rings. The predicted octanol–water partition coefficient (Wildman–Crippen LogP) is 2.25. The molecule has 1 aromatic carbocycles. The normalized spacial score (nSPS) is 15.5. The highest BCUT2D eigenvalue weighted by Crippen LogP contribution is 2.28. The summed E-state index contributed by atoms with van der Waals surface area (Å²) in [5, 5.41) is 11.4. The summed E-state index contributed by atoms with van der Waals surface area (Å²) in [7, 11) is 0. The predicted molar refractivity (Wildman–Crippen MR) is 59.8 cm³/mol. The number of fused-ring (bicyclic) bond motifs is 1. The Morgan fingerprint density at radius 1 is 1.47 bits per heavy atom. The third kappa shape index (κ3) is 1.86. The molecular formula is C11H12ClNO2. The maximum absolute atomic E-state index is 9.91. The first-order valence-electron chi connectivity index (χ1n) is 4.65. The molecule has 0 bridgehead atoms. The Labute approximate surface area is 92.4 Å².